The second-order valence-electron chi connectivity index (χ2n) is 3.73. The molecule has 0 aliphatic rings. The van der Waals surface area contributed by atoms with Gasteiger partial charge in [-0.05, 0) is 38.2 Å². The highest BCUT2D eigenvalue weighted by molar-refractivity contribution is 5.36. The van der Waals surface area contributed by atoms with E-state index in [1.807, 2.05) is 55.6 Å². The van der Waals surface area contributed by atoms with Crippen LogP contribution in [0.1, 0.15) is 5.69 Å². The van der Waals surface area contributed by atoms with Gasteiger partial charge in [-0.1, -0.05) is 18.2 Å². The van der Waals surface area contributed by atoms with Crippen LogP contribution in [-0.2, 0) is 0 Å². The van der Waals surface area contributed by atoms with Crippen LogP contribution < -0.4 is 10.5 Å². The van der Waals surface area contributed by atoms with Crippen molar-refractivity contribution in [3.63, 3.8) is 0 Å². The lowest BCUT2D eigenvalue weighted by Crippen LogP contribution is -1.85. The van der Waals surface area contributed by atoms with Gasteiger partial charge in [0.05, 0.1) is 19.0 Å². The summed E-state index contributed by atoms with van der Waals surface area (Å²) < 4.78 is 6.67. The lowest BCUT2D eigenvalue weighted by molar-refractivity contribution is 0.415. The van der Waals surface area contributed by atoms with Crippen LogP contribution >= 0.6 is 0 Å². The van der Waals surface area contributed by atoms with Gasteiger partial charge in [0.25, 0.3) is 0 Å². The van der Waals surface area contributed by atoms with Crippen LogP contribution in [0, 0.1) is 6.92 Å². The quantitative estimate of drug-likeness (QED) is 0.738. The summed E-state index contributed by atoms with van der Waals surface area (Å²) in [4.78, 5) is 4.21. The Hall–Kier alpha value is -2.40. The van der Waals surface area contributed by atoms with Crippen LogP contribution in [-0.4, -0.2) is 28.8 Å². The van der Waals surface area contributed by atoms with Crippen LogP contribution in [0.3, 0.4) is 0 Å². The van der Waals surface area contributed by atoms with Gasteiger partial charge in [0.15, 0.2) is 5.65 Å². The maximum atomic E-state index is 4.91. The van der Waals surface area contributed by atoms with Crippen LogP contribution in [0.15, 0.2) is 54.9 Å². The number of ether oxygens (including phenoxy) is 1. The van der Waals surface area contributed by atoms with Crippen molar-refractivity contribution < 1.29 is 4.74 Å². The van der Waals surface area contributed by atoms with E-state index in [-0.39, 0.29) is 0 Å². The molecule has 0 spiro atoms. The van der Waals surface area contributed by atoms with Crippen molar-refractivity contribution in [1.29, 1.82) is 0 Å². The van der Waals surface area contributed by atoms with Crippen molar-refractivity contribution in [3.8, 4) is 5.75 Å². The number of aryl methyl sites for hydroxylation is 1. The third-order valence-electron chi connectivity index (χ3n) is 2.34. The lowest BCUT2D eigenvalue weighted by atomic mass is 10.3. The summed E-state index contributed by atoms with van der Waals surface area (Å²) in [6, 6.07) is 13.5. The number of fused-ring (bicyclic) bond motifs is 1. The SMILES string of the molecule is CN.COc1ccccc1.Cc1cn2ncccc2n1. The minimum absolute atomic E-state index is 0.903. The largest absolute Gasteiger partial charge is 0.497 e. The maximum absolute atomic E-state index is 4.91. The number of nitrogens with two attached hydrogens (primary N) is 1. The number of para-hydroxylation sites is 1. The fourth-order valence-corrected chi connectivity index (χ4v) is 1.51. The summed E-state index contributed by atoms with van der Waals surface area (Å²) in [6.07, 6.45) is 3.64. The normalized spacial score (nSPS) is 9.00. The van der Waals surface area contributed by atoms with E-state index >= 15 is 0 Å². The third-order valence-corrected chi connectivity index (χ3v) is 2.34. The molecular weight excluding hydrogens is 252 g/mol. The molecule has 0 saturated heterocycles. The highest BCUT2D eigenvalue weighted by atomic mass is 16.5. The molecule has 2 aromatic heterocycles. The predicted molar refractivity (Wildman–Crippen MR) is 80.8 cm³/mol. The first-order valence-corrected chi connectivity index (χ1v) is 6.23. The first-order chi connectivity index (χ1) is 9.79. The summed E-state index contributed by atoms with van der Waals surface area (Å²) in [5.41, 5.74) is 6.40. The maximum Gasteiger partial charge on any atom is 0.153 e. The summed E-state index contributed by atoms with van der Waals surface area (Å²) in [5.74, 6) is 0.910. The molecule has 1 aromatic carbocycles. The molecule has 0 aliphatic carbocycles. The molecular formula is C15H20N4O. The van der Waals surface area contributed by atoms with E-state index in [2.05, 4.69) is 15.8 Å². The first-order valence-electron chi connectivity index (χ1n) is 6.23. The molecule has 0 amide bonds. The van der Waals surface area contributed by atoms with E-state index < -0.39 is 0 Å². The molecule has 0 unspecified atom stereocenters. The van der Waals surface area contributed by atoms with Gasteiger partial charge in [-0.3, -0.25) is 0 Å². The Morgan fingerprint density at radius 3 is 2.30 bits per heavy atom. The molecule has 0 atom stereocenters. The zero-order valence-corrected chi connectivity index (χ0v) is 12.0. The second kappa shape index (κ2) is 8.66. The van der Waals surface area contributed by atoms with E-state index in [0.717, 1.165) is 17.1 Å². The van der Waals surface area contributed by atoms with Crippen LogP contribution in [0.2, 0.25) is 0 Å². The smallest absolute Gasteiger partial charge is 0.153 e. The molecule has 3 rings (SSSR count). The summed E-state index contributed by atoms with van der Waals surface area (Å²) in [7, 11) is 3.16. The van der Waals surface area contributed by atoms with Crippen LogP contribution in [0.25, 0.3) is 5.65 Å². The average molecular weight is 272 g/mol. The number of rotatable bonds is 1. The Bertz CT molecular complexity index is 574. The predicted octanol–water partition coefficient (Wildman–Crippen LogP) is 2.31. The summed E-state index contributed by atoms with van der Waals surface area (Å²) in [5, 5.41) is 4.06. The van der Waals surface area contributed by atoms with E-state index in [1.165, 1.54) is 7.05 Å². The van der Waals surface area contributed by atoms with Gasteiger partial charge in [0, 0.05) is 6.20 Å². The van der Waals surface area contributed by atoms with Gasteiger partial charge in [-0.15, -0.1) is 0 Å². The highest BCUT2D eigenvalue weighted by Gasteiger charge is 1.93. The Morgan fingerprint density at radius 2 is 1.75 bits per heavy atom. The number of methoxy groups -OCH3 is 1. The number of benzene rings is 1. The Morgan fingerprint density at radius 1 is 1.05 bits per heavy atom. The molecule has 0 bridgehead atoms. The highest BCUT2D eigenvalue weighted by Crippen LogP contribution is 2.05. The van der Waals surface area contributed by atoms with E-state index in [9.17, 15) is 0 Å². The van der Waals surface area contributed by atoms with Crippen molar-refractivity contribution in [2.75, 3.05) is 14.2 Å². The number of hydrogen-bond acceptors (Lipinski definition) is 4. The summed E-state index contributed by atoms with van der Waals surface area (Å²) in [6.45, 7) is 1.95. The number of nitrogens with zero attached hydrogens (tertiary/aromatic N) is 3. The van der Waals surface area contributed by atoms with Crippen molar-refractivity contribution in [1.82, 2.24) is 14.6 Å². The van der Waals surface area contributed by atoms with E-state index in [1.54, 1.807) is 17.8 Å². The molecule has 0 radical (unpaired) electrons. The monoisotopic (exact) mass is 272 g/mol. The van der Waals surface area contributed by atoms with Gasteiger partial charge in [0.2, 0.25) is 0 Å². The van der Waals surface area contributed by atoms with Gasteiger partial charge in [-0.2, -0.15) is 5.10 Å². The fraction of sp³-hybridized carbons (Fsp3) is 0.200. The van der Waals surface area contributed by atoms with Crippen LogP contribution in [0.5, 0.6) is 5.75 Å². The molecule has 5 nitrogen and oxygen atoms in total. The Balaban J connectivity index is 0.000000182. The van der Waals surface area contributed by atoms with Crippen molar-refractivity contribution in [2.24, 2.45) is 5.73 Å². The Kier molecular flexibility index (Phi) is 6.78. The van der Waals surface area contributed by atoms with Gasteiger partial charge in [-0.25, -0.2) is 9.50 Å². The standard InChI is InChI=1S/C7H7N3.C7H8O.CH5N/c1-6-5-10-7(9-6)3-2-4-8-10;1-8-7-5-3-2-4-6-7;1-2/h2-5H,1H3;2-6H,1H3;2H2,1H3. The molecule has 2 N–H and O–H groups in total. The second-order valence-corrected chi connectivity index (χ2v) is 3.73. The molecule has 2 heterocycles. The van der Waals surface area contributed by atoms with E-state index in [0.29, 0.717) is 0 Å². The molecule has 106 valence electrons. The van der Waals surface area contributed by atoms with Crippen molar-refractivity contribution >= 4 is 5.65 Å². The van der Waals surface area contributed by atoms with Gasteiger partial charge >= 0.3 is 0 Å². The number of imidazole rings is 1. The average Bonchev–Trinajstić information content (AvgIpc) is 2.91. The zero-order chi connectivity index (χ0) is 14.8. The number of aromatic nitrogens is 3. The molecule has 5 heteroatoms. The topological polar surface area (TPSA) is 65.4 Å². The van der Waals surface area contributed by atoms with Crippen LogP contribution in [0.4, 0.5) is 0 Å². The van der Waals surface area contributed by atoms with E-state index in [4.69, 9.17) is 4.74 Å². The fourth-order valence-electron chi connectivity index (χ4n) is 1.51. The third kappa shape index (κ3) is 4.70. The Labute approximate surface area is 119 Å². The first kappa shape index (κ1) is 15.7. The number of hydrogen-bond donors (Lipinski definition) is 1. The molecule has 0 aliphatic heterocycles. The molecule has 0 fully saturated rings. The molecule has 3 aromatic rings. The van der Waals surface area contributed by atoms with Gasteiger partial charge < -0.3 is 10.5 Å². The van der Waals surface area contributed by atoms with Crippen molar-refractivity contribution in [3.05, 3.63) is 60.6 Å². The molecule has 0 saturated carbocycles. The zero-order valence-electron chi connectivity index (χ0n) is 12.0. The van der Waals surface area contributed by atoms with Gasteiger partial charge in [0.1, 0.15) is 5.75 Å². The minimum Gasteiger partial charge on any atom is -0.497 e. The summed E-state index contributed by atoms with van der Waals surface area (Å²) >= 11 is 0. The van der Waals surface area contributed by atoms with Crippen molar-refractivity contribution in [2.45, 2.75) is 6.92 Å². The molecule has 20 heavy (non-hydrogen) atoms. The minimum atomic E-state index is 0.903. The lowest BCUT2D eigenvalue weighted by Gasteiger charge is -1.93.